The summed E-state index contributed by atoms with van der Waals surface area (Å²) in [5, 5.41) is 11.9. The zero-order valence-electron chi connectivity index (χ0n) is 11.0. The molecule has 104 valence electrons. The maximum Gasteiger partial charge on any atom is 0.337 e. The Morgan fingerprint density at radius 1 is 1.45 bits per heavy atom. The van der Waals surface area contributed by atoms with Gasteiger partial charge in [-0.1, -0.05) is 11.6 Å². The van der Waals surface area contributed by atoms with Crippen LogP contribution in [-0.2, 0) is 6.42 Å². The maximum atomic E-state index is 11.4. The largest absolute Gasteiger partial charge is 0.478 e. The lowest BCUT2D eigenvalue weighted by molar-refractivity contribution is 0.0697. The first-order valence-corrected chi connectivity index (χ1v) is 7.69. The third kappa shape index (κ3) is 2.19. The third-order valence-electron chi connectivity index (χ3n) is 3.78. The molecular formula is C15H14ClNO2S. The summed E-state index contributed by atoms with van der Waals surface area (Å²) in [6, 6.07) is 7.39. The highest BCUT2D eigenvalue weighted by Crippen LogP contribution is 2.37. The van der Waals surface area contributed by atoms with Gasteiger partial charge in [-0.2, -0.15) is 0 Å². The van der Waals surface area contributed by atoms with Gasteiger partial charge in [-0.25, -0.2) is 4.79 Å². The maximum absolute atomic E-state index is 11.4. The zero-order valence-corrected chi connectivity index (χ0v) is 12.5. The monoisotopic (exact) mass is 307 g/mol. The van der Waals surface area contributed by atoms with Crippen LogP contribution in [0.4, 0.5) is 5.69 Å². The van der Waals surface area contributed by atoms with Crippen molar-refractivity contribution in [2.24, 2.45) is 0 Å². The van der Waals surface area contributed by atoms with Crippen LogP contribution in [0.25, 0.3) is 0 Å². The van der Waals surface area contributed by atoms with Gasteiger partial charge in [0.25, 0.3) is 0 Å². The predicted molar refractivity (Wildman–Crippen MR) is 82.2 cm³/mol. The van der Waals surface area contributed by atoms with Crippen molar-refractivity contribution >= 4 is 34.6 Å². The van der Waals surface area contributed by atoms with Gasteiger partial charge in [-0.05, 0) is 48.6 Å². The summed E-state index contributed by atoms with van der Waals surface area (Å²) in [6.07, 6.45) is 0.957. The fourth-order valence-electron chi connectivity index (χ4n) is 2.77. The molecule has 0 aliphatic carbocycles. The molecule has 1 aromatic heterocycles. The van der Waals surface area contributed by atoms with Crippen molar-refractivity contribution in [2.75, 3.05) is 11.4 Å². The highest BCUT2D eigenvalue weighted by Gasteiger charge is 2.27. The minimum atomic E-state index is -0.939. The number of hydrogen-bond acceptors (Lipinski definition) is 3. The highest BCUT2D eigenvalue weighted by molar-refractivity contribution is 7.10. The van der Waals surface area contributed by atoms with E-state index in [1.807, 2.05) is 0 Å². The molecule has 20 heavy (non-hydrogen) atoms. The van der Waals surface area contributed by atoms with Crippen LogP contribution >= 0.6 is 22.9 Å². The summed E-state index contributed by atoms with van der Waals surface area (Å²) < 4.78 is 0. The Bertz CT molecular complexity index is 668. The van der Waals surface area contributed by atoms with Crippen LogP contribution in [-0.4, -0.2) is 17.6 Å². The van der Waals surface area contributed by atoms with Crippen molar-refractivity contribution in [1.29, 1.82) is 0 Å². The number of benzene rings is 1. The van der Waals surface area contributed by atoms with E-state index in [-0.39, 0.29) is 11.6 Å². The van der Waals surface area contributed by atoms with Crippen LogP contribution in [0.3, 0.4) is 0 Å². The summed E-state index contributed by atoms with van der Waals surface area (Å²) in [4.78, 5) is 15.0. The number of aromatic carboxylic acids is 1. The van der Waals surface area contributed by atoms with E-state index in [9.17, 15) is 9.90 Å². The standard InChI is InChI=1S/C15H14ClNO2S/c1-9-11-5-7-20-14(11)4-6-17(9)13-3-2-10(16)8-12(13)15(18)19/h2-3,5,7-9H,4,6H2,1H3,(H,18,19). The van der Waals surface area contributed by atoms with Crippen molar-refractivity contribution < 1.29 is 9.90 Å². The Hall–Kier alpha value is -1.52. The van der Waals surface area contributed by atoms with Gasteiger partial charge in [0.15, 0.2) is 0 Å². The third-order valence-corrected chi connectivity index (χ3v) is 5.01. The molecule has 1 atom stereocenters. The second kappa shape index (κ2) is 5.11. The number of carbonyl (C=O) groups is 1. The van der Waals surface area contributed by atoms with Crippen molar-refractivity contribution in [2.45, 2.75) is 19.4 Å². The molecule has 0 saturated carbocycles. The number of anilines is 1. The smallest absolute Gasteiger partial charge is 0.337 e. The first-order valence-electron chi connectivity index (χ1n) is 6.43. The first-order chi connectivity index (χ1) is 9.58. The van der Waals surface area contributed by atoms with Gasteiger partial charge in [-0.3, -0.25) is 0 Å². The molecule has 1 unspecified atom stereocenters. The van der Waals surface area contributed by atoms with E-state index in [0.29, 0.717) is 5.02 Å². The second-order valence-corrected chi connectivity index (χ2v) is 6.32. The molecule has 1 aromatic carbocycles. The van der Waals surface area contributed by atoms with Crippen LogP contribution in [0.15, 0.2) is 29.6 Å². The lowest BCUT2D eigenvalue weighted by Crippen LogP contribution is -2.34. The van der Waals surface area contributed by atoms with Gasteiger partial charge in [0, 0.05) is 16.4 Å². The fourth-order valence-corrected chi connectivity index (χ4v) is 3.90. The molecule has 3 nitrogen and oxygen atoms in total. The van der Waals surface area contributed by atoms with Gasteiger partial charge in [0.05, 0.1) is 17.3 Å². The molecule has 3 rings (SSSR count). The van der Waals surface area contributed by atoms with Gasteiger partial charge in [-0.15, -0.1) is 11.3 Å². The highest BCUT2D eigenvalue weighted by atomic mass is 35.5. The molecule has 1 aliphatic rings. The van der Waals surface area contributed by atoms with Crippen molar-refractivity contribution in [1.82, 2.24) is 0 Å². The molecule has 5 heteroatoms. The molecule has 0 bridgehead atoms. The van der Waals surface area contributed by atoms with Gasteiger partial charge in [0.1, 0.15) is 0 Å². The Morgan fingerprint density at radius 3 is 3.00 bits per heavy atom. The summed E-state index contributed by atoms with van der Waals surface area (Å²) >= 11 is 7.69. The molecule has 2 aromatic rings. The summed E-state index contributed by atoms with van der Waals surface area (Å²) in [7, 11) is 0. The normalized spacial score (nSPS) is 17.9. The lowest BCUT2D eigenvalue weighted by Gasteiger charge is -2.36. The number of halogens is 1. The molecule has 0 spiro atoms. The SMILES string of the molecule is CC1c2ccsc2CCN1c1ccc(Cl)cc1C(=O)O. The number of rotatable bonds is 2. The summed E-state index contributed by atoms with van der Waals surface area (Å²) in [5.74, 6) is -0.939. The Morgan fingerprint density at radius 2 is 2.25 bits per heavy atom. The van der Waals surface area contributed by atoms with E-state index in [2.05, 4.69) is 23.3 Å². The Balaban J connectivity index is 2.04. The van der Waals surface area contributed by atoms with Gasteiger partial charge >= 0.3 is 5.97 Å². The molecule has 0 saturated heterocycles. The van der Waals surface area contributed by atoms with Crippen molar-refractivity contribution in [3.63, 3.8) is 0 Å². The summed E-state index contributed by atoms with van der Waals surface area (Å²) in [6.45, 7) is 2.95. The van der Waals surface area contributed by atoms with E-state index in [1.54, 1.807) is 23.5 Å². The van der Waals surface area contributed by atoms with Crippen LogP contribution in [0.5, 0.6) is 0 Å². The van der Waals surface area contributed by atoms with Crippen LogP contribution < -0.4 is 4.90 Å². The lowest BCUT2D eigenvalue weighted by atomic mass is 9.99. The summed E-state index contributed by atoms with van der Waals surface area (Å²) in [5.41, 5.74) is 2.31. The molecular weight excluding hydrogens is 294 g/mol. The number of carboxylic acid groups (broad SMARTS) is 1. The van der Waals surface area contributed by atoms with E-state index in [1.165, 1.54) is 16.5 Å². The molecule has 0 fully saturated rings. The number of carboxylic acids is 1. The molecule has 0 amide bonds. The van der Waals surface area contributed by atoms with E-state index < -0.39 is 5.97 Å². The molecule has 1 N–H and O–H groups in total. The van der Waals surface area contributed by atoms with Crippen LogP contribution in [0.1, 0.15) is 33.8 Å². The van der Waals surface area contributed by atoms with E-state index in [4.69, 9.17) is 11.6 Å². The van der Waals surface area contributed by atoms with Crippen molar-refractivity contribution in [3.8, 4) is 0 Å². The second-order valence-electron chi connectivity index (χ2n) is 4.89. The average molecular weight is 308 g/mol. The zero-order chi connectivity index (χ0) is 14.3. The Kier molecular flexibility index (Phi) is 3.44. The number of hydrogen-bond donors (Lipinski definition) is 1. The molecule has 0 radical (unpaired) electrons. The quantitative estimate of drug-likeness (QED) is 0.903. The topological polar surface area (TPSA) is 40.5 Å². The first kappa shape index (κ1) is 13.5. The van der Waals surface area contributed by atoms with Crippen LogP contribution in [0, 0.1) is 0 Å². The van der Waals surface area contributed by atoms with Gasteiger partial charge in [0.2, 0.25) is 0 Å². The number of nitrogens with zero attached hydrogens (tertiary/aromatic N) is 1. The fraction of sp³-hybridized carbons (Fsp3) is 0.267. The number of fused-ring (bicyclic) bond motifs is 1. The average Bonchev–Trinajstić information content (AvgIpc) is 2.89. The number of thiophene rings is 1. The van der Waals surface area contributed by atoms with E-state index in [0.717, 1.165) is 18.7 Å². The minimum absolute atomic E-state index is 0.185. The Labute approximate surface area is 126 Å². The van der Waals surface area contributed by atoms with Crippen molar-refractivity contribution in [3.05, 3.63) is 50.7 Å². The molecule has 2 heterocycles. The molecule has 1 aliphatic heterocycles. The minimum Gasteiger partial charge on any atom is -0.478 e. The van der Waals surface area contributed by atoms with E-state index >= 15 is 0 Å². The predicted octanol–water partition coefficient (Wildman–Crippen LogP) is 4.22. The van der Waals surface area contributed by atoms with Gasteiger partial charge < -0.3 is 10.0 Å². The van der Waals surface area contributed by atoms with Crippen LogP contribution in [0.2, 0.25) is 5.02 Å².